The number of sulfone groups is 1. The largest absolute Gasteiger partial charge is 0.358 e. The summed E-state index contributed by atoms with van der Waals surface area (Å²) in [7, 11) is -3.29. The van der Waals surface area contributed by atoms with Gasteiger partial charge in [-0.05, 0) is 43.3 Å². The number of benzene rings is 2. The molecule has 22 heavy (non-hydrogen) atoms. The van der Waals surface area contributed by atoms with Crippen LogP contribution < -0.4 is 0 Å². The lowest BCUT2D eigenvalue weighted by molar-refractivity contribution is 0.602. The van der Waals surface area contributed by atoms with Crippen LogP contribution >= 0.6 is 23.4 Å². The van der Waals surface area contributed by atoms with E-state index in [1.54, 1.807) is 12.1 Å². The fourth-order valence-corrected chi connectivity index (χ4v) is 4.51. The molecule has 0 radical (unpaired) electrons. The number of nitrogens with one attached hydrogen (secondary N) is 1. The van der Waals surface area contributed by atoms with E-state index in [9.17, 15) is 8.42 Å². The van der Waals surface area contributed by atoms with Crippen LogP contribution in [0.15, 0.2) is 57.2 Å². The Morgan fingerprint density at radius 2 is 1.77 bits per heavy atom. The van der Waals surface area contributed by atoms with E-state index in [0.717, 1.165) is 26.4 Å². The average Bonchev–Trinajstić information content (AvgIpc) is 2.76. The van der Waals surface area contributed by atoms with Gasteiger partial charge in [0.25, 0.3) is 0 Å². The molecule has 0 aliphatic rings. The molecule has 0 atom stereocenters. The average molecular weight is 352 g/mol. The van der Waals surface area contributed by atoms with Crippen molar-refractivity contribution in [2.24, 2.45) is 0 Å². The molecule has 114 valence electrons. The van der Waals surface area contributed by atoms with Gasteiger partial charge in [0.2, 0.25) is 0 Å². The van der Waals surface area contributed by atoms with E-state index in [2.05, 4.69) is 4.98 Å². The maximum atomic E-state index is 12.1. The van der Waals surface area contributed by atoms with Crippen molar-refractivity contribution in [2.75, 3.05) is 6.26 Å². The van der Waals surface area contributed by atoms with Crippen molar-refractivity contribution in [3.05, 3.63) is 53.2 Å². The molecular formula is C16H14ClNO2S2. The first-order chi connectivity index (χ1) is 10.4. The highest BCUT2D eigenvalue weighted by Crippen LogP contribution is 2.39. The number of rotatable bonds is 3. The Labute approximate surface area is 138 Å². The molecule has 3 rings (SSSR count). The van der Waals surface area contributed by atoms with Crippen molar-refractivity contribution in [3.8, 4) is 0 Å². The highest BCUT2D eigenvalue weighted by molar-refractivity contribution is 7.99. The van der Waals surface area contributed by atoms with Crippen LogP contribution in [0.25, 0.3) is 10.9 Å². The number of aryl methyl sites for hydroxylation is 1. The summed E-state index contributed by atoms with van der Waals surface area (Å²) in [5.74, 6) is 0. The Morgan fingerprint density at radius 1 is 1.09 bits per heavy atom. The number of hydrogen-bond donors (Lipinski definition) is 1. The van der Waals surface area contributed by atoms with Gasteiger partial charge in [0.1, 0.15) is 0 Å². The van der Waals surface area contributed by atoms with Crippen LogP contribution in [0.3, 0.4) is 0 Å². The SMILES string of the molecule is Cc1[nH]c2cccc(S(C)(=O)=O)c2c1Sc1ccc(Cl)cc1. The van der Waals surface area contributed by atoms with Crippen molar-refractivity contribution >= 4 is 44.1 Å². The fraction of sp³-hybridized carbons (Fsp3) is 0.125. The van der Waals surface area contributed by atoms with Gasteiger partial charge in [0.15, 0.2) is 9.84 Å². The first-order valence-corrected chi connectivity index (χ1v) is 9.69. The smallest absolute Gasteiger partial charge is 0.176 e. The number of halogens is 1. The van der Waals surface area contributed by atoms with Gasteiger partial charge in [-0.2, -0.15) is 0 Å². The normalized spacial score (nSPS) is 12.0. The van der Waals surface area contributed by atoms with Crippen molar-refractivity contribution in [1.82, 2.24) is 4.98 Å². The molecule has 0 spiro atoms. The number of hydrogen-bond acceptors (Lipinski definition) is 3. The minimum atomic E-state index is -3.29. The molecule has 0 bridgehead atoms. The highest BCUT2D eigenvalue weighted by Gasteiger charge is 2.18. The zero-order valence-electron chi connectivity index (χ0n) is 12.1. The molecule has 0 aliphatic heterocycles. The lowest BCUT2D eigenvalue weighted by Gasteiger charge is -2.05. The van der Waals surface area contributed by atoms with E-state index in [-0.39, 0.29) is 0 Å². The van der Waals surface area contributed by atoms with Crippen LogP contribution in [0.2, 0.25) is 5.02 Å². The predicted octanol–water partition coefficient (Wildman–Crippen LogP) is 4.68. The summed E-state index contributed by atoms with van der Waals surface area (Å²) in [6, 6.07) is 12.8. The molecule has 3 nitrogen and oxygen atoms in total. The third-order valence-electron chi connectivity index (χ3n) is 3.35. The maximum absolute atomic E-state index is 12.1. The number of aromatic nitrogens is 1. The lowest BCUT2D eigenvalue weighted by Crippen LogP contribution is -1.97. The van der Waals surface area contributed by atoms with Gasteiger partial charge in [0, 0.05) is 37.7 Å². The first-order valence-electron chi connectivity index (χ1n) is 6.61. The highest BCUT2D eigenvalue weighted by atomic mass is 35.5. The van der Waals surface area contributed by atoms with Crippen molar-refractivity contribution in [1.29, 1.82) is 0 Å². The van der Waals surface area contributed by atoms with Gasteiger partial charge in [-0.1, -0.05) is 29.4 Å². The maximum Gasteiger partial charge on any atom is 0.176 e. The molecule has 0 amide bonds. The van der Waals surface area contributed by atoms with Crippen LogP contribution in [0.1, 0.15) is 5.69 Å². The fourth-order valence-electron chi connectivity index (χ4n) is 2.37. The van der Waals surface area contributed by atoms with E-state index in [1.807, 2.05) is 37.3 Å². The first kappa shape index (κ1) is 15.5. The Kier molecular flexibility index (Phi) is 3.97. The summed E-state index contributed by atoms with van der Waals surface area (Å²) in [4.78, 5) is 5.55. The van der Waals surface area contributed by atoms with Gasteiger partial charge < -0.3 is 4.98 Å². The summed E-state index contributed by atoms with van der Waals surface area (Å²) < 4.78 is 24.1. The van der Waals surface area contributed by atoms with Gasteiger partial charge in [-0.15, -0.1) is 0 Å². The molecule has 0 unspecified atom stereocenters. The molecule has 1 N–H and O–H groups in total. The summed E-state index contributed by atoms with van der Waals surface area (Å²) in [5, 5.41) is 1.43. The summed E-state index contributed by atoms with van der Waals surface area (Å²) in [6.07, 6.45) is 1.24. The second-order valence-corrected chi connectivity index (χ2v) is 8.59. The van der Waals surface area contributed by atoms with Gasteiger partial charge in [0.05, 0.1) is 4.90 Å². The summed E-state index contributed by atoms with van der Waals surface area (Å²) in [6.45, 7) is 1.95. The van der Waals surface area contributed by atoms with Crippen LogP contribution in [0.5, 0.6) is 0 Å². The minimum Gasteiger partial charge on any atom is -0.358 e. The number of fused-ring (bicyclic) bond motifs is 1. The lowest BCUT2D eigenvalue weighted by atomic mass is 10.2. The minimum absolute atomic E-state index is 0.353. The molecule has 6 heteroatoms. The third kappa shape index (κ3) is 2.89. The standard InChI is InChI=1S/C16H14ClNO2S2/c1-10-16(21-12-8-6-11(17)7-9-12)15-13(18-10)4-3-5-14(15)22(2,19)20/h3-9,18H,1-2H3. The molecule has 0 saturated carbocycles. The van der Waals surface area contributed by atoms with Crippen LogP contribution in [-0.4, -0.2) is 19.7 Å². The predicted molar refractivity (Wildman–Crippen MR) is 91.7 cm³/mol. The third-order valence-corrected chi connectivity index (χ3v) is 5.96. The van der Waals surface area contributed by atoms with Crippen LogP contribution in [0, 0.1) is 6.92 Å². The topological polar surface area (TPSA) is 49.9 Å². The number of aromatic amines is 1. The van der Waals surface area contributed by atoms with Crippen molar-refractivity contribution in [2.45, 2.75) is 21.6 Å². The molecular weight excluding hydrogens is 338 g/mol. The van der Waals surface area contributed by atoms with Crippen LogP contribution in [-0.2, 0) is 9.84 Å². The van der Waals surface area contributed by atoms with E-state index in [4.69, 9.17) is 11.6 Å². The van der Waals surface area contributed by atoms with E-state index >= 15 is 0 Å². The molecule has 2 aromatic carbocycles. The second kappa shape index (κ2) is 5.65. The molecule has 1 heterocycles. The van der Waals surface area contributed by atoms with Gasteiger partial charge in [-0.3, -0.25) is 0 Å². The zero-order valence-corrected chi connectivity index (χ0v) is 14.4. The van der Waals surface area contributed by atoms with Gasteiger partial charge >= 0.3 is 0 Å². The monoisotopic (exact) mass is 351 g/mol. The van der Waals surface area contributed by atoms with Gasteiger partial charge in [-0.25, -0.2) is 8.42 Å². The number of H-pyrrole nitrogens is 1. The summed E-state index contributed by atoms with van der Waals surface area (Å²) >= 11 is 7.45. The Balaban J connectivity index is 2.20. The Hall–Kier alpha value is -1.43. The summed E-state index contributed by atoms with van der Waals surface area (Å²) in [5.41, 5.74) is 1.78. The molecule has 0 fully saturated rings. The van der Waals surface area contributed by atoms with E-state index in [0.29, 0.717) is 9.92 Å². The molecule has 0 saturated heterocycles. The van der Waals surface area contributed by atoms with E-state index < -0.39 is 9.84 Å². The Morgan fingerprint density at radius 3 is 2.41 bits per heavy atom. The zero-order chi connectivity index (χ0) is 15.9. The molecule has 0 aliphatic carbocycles. The Bertz CT molecular complexity index is 944. The second-order valence-electron chi connectivity index (χ2n) is 5.09. The molecule has 1 aromatic heterocycles. The molecule has 3 aromatic rings. The van der Waals surface area contributed by atoms with E-state index in [1.165, 1.54) is 18.0 Å². The van der Waals surface area contributed by atoms with Crippen molar-refractivity contribution < 1.29 is 8.42 Å². The van der Waals surface area contributed by atoms with Crippen LogP contribution in [0.4, 0.5) is 0 Å². The van der Waals surface area contributed by atoms with Crippen molar-refractivity contribution in [3.63, 3.8) is 0 Å². The quantitative estimate of drug-likeness (QED) is 0.745.